The Balaban J connectivity index is 2.32. The summed E-state index contributed by atoms with van der Waals surface area (Å²) in [6.45, 7) is 62.6. The Morgan fingerprint density at radius 3 is 0.660 bits per heavy atom. The van der Waals surface area contributed by atoms with E-state index in [1.165, 1.54) is 10.8 Å². The summed E-state index contributed by atoms with van der Waals surface area (Å²) in [6.07, 6.45) is 0. The van der Waals surface area contributed by atoms with Gasteiger partial charge in [0.25, 0.3) is 0 Å². The SMILES string of the molecule is C[Si](C)(C)[N]([Si](C)(C)C)[Ge]1([N]([Si](C)(C)C)[Si](C)(C)C)[O]c2ccc3c4[c](cc[c]1c24)[Ge]([N]([Si](C)(C)C)[Si](C)(C)C)([N]([Si](C)(C)C)[Si](C)(C)C)[O]3. The van der Waals surface area contributed by atoms with Crippen molar-refractivity contribution in [3.05, 3.63) is 24.3 Å². The van der Waals surface area contributed by atoms with Crippen LogP contribution in [0.2, 0.25) is 157 Å². The zero-order valence-corrected chi connectivity index (χ0v) is 49.1. The molecule has 0 aromatic heterocycles. The molecule has 0 atom stereocenters. The molecule has 2 aliphatic rings. The van der Waals surface area contributed by atoms with Crippen LogP contribution in [0.3, 0.4) is 0 Å². The summed E-state index contributed by atoms with van der Waals surface area (Å²) in [5, 5.41) is 2.88. The van der Waals surface area contributed by atoms with Gasteiger partial charge in [-0.25, -0.2) is 0 Å². The van der Waals surface area contributed by atoms with Crippen molar-refractivity contribution in [1.82, 2.24) is 12.8 Å². The minimum absolute atomic E-state index is 1.16. The molecule has 0 unspecified atom stereocenters. The molecular weight excluding hydrogens is 866 g/mol. The molecule has 2 aliphatic heterocycles. The summed E-state index contributed by atoms with van der Waals surface area (Å²) in [5.41, 5.74) is 0. The van der Waals surface area contributed by atoms with Gasteiger partial charge in [-0.1, -0.05) is 0 Å². The molecule has 0 aliphatic carbocycles. The molecule has 0 spiro atoms. The second-order valence-electron chi connectivity index (χ2n) is 23.1. The maximum atomic E-state index is 8.09. The van der Waals surface area contributed by atoms with Gasteiger partial charge < -0.3 is 0 Å². The van der Waals surface area contributed by atoms with Crippen molar-refractivity contribution in [1.29, 1.82) is 0 Å². The van der Waals surface area contributed by atoms with Gasteiger partial charge in [-0.3, -0.25) is 0 Å². The maximum absolute atomic E-state index is 8.09. The average Bonchev–Trinajstić information content (AvgIpc) is 3.23. The fraction of sp³-hybridized carbons (Fsp3) is 0.706. The first-order valence-corrected chi connectivity index (χ1v) is 54.2. The minimum atomic E-state index is -3.72. The van der Waals surface area contributed by atoms with Crippen molar-refractivity contribution in [3.63, 3.8) is 0 Å². The van der Waals surface area contributed by atoms with Crippen molar-refractivity contribution in [3.8, 4) is 11.5 Å². The molecular formula is C34H76Ge2N4O2Si8. The number of hydrogen-bond acceptors (Lipinski definition) is 6. The third-order valence-corrected chi connectivity index (χ3v) is 95.0. The summed E-state index contributed by atoms with van der Waals surface area (Å²) in [5.74, 6) is 2.32. The molecule has 16 heteroatoms. The van der Waals surface area contributed by atoms with E-state index in [0.29, 0.717) is 0 Å². The quantitative estimate of drug-likeness (QED) is 0.197. The van der Waals surface area contributed by atoms with Crippen molar-refractivity contribution >= 4 is 114 Å². The van der Waals surface area contributed by atoms with E-state index in [4.69, 9.17) is 7.53 Å². The van der Waals surface area contributed by atoms with Crippen molar-refractivity contribution in [2.45, 2.75) is 157 Å². The van der Waals surface area contributed by atoms with Crippen LogP contribution in [0.4, 0.5) is 0 Å². The molecule has 0 bridgehead atoms. The Morgan fingerprint density at radius 1 is 0.320 bits per heavy atom. The van der Waals surface area contributed by atoms with Crippen LogP contribution >= 0.6 is 0 Å². The van der Waals surface area contributed by atoms with Crippen LogP contribution < -0.4 is 16.3 Å². The van der Waals surface area contributed by atoms with Crippen LogP contribution in [0.1, 0.15) is 0 Å². The van der Waals surface area contributed by atoms with Gasteiger partial charge in [-0.15, -0.1) is 0 Å². The Bertz CT molecular complexity index is 1400. The summed E-state index contributed by atoms with van der Waals surface area (Å²) in [7, 11) is -14.9. The molecule has 50 heavy (non-hydrogen) atoms. The van der Waals surface area contributed by atoms with E-state index >= 15 is 0 Å². The van der Waals surface area contributed by atoms with E-state index in [1.54, 1.807) is 8.79 Å². The van der Waals surface area contributed by atoms with E-state index in [-0.39, 0.29) is 0 Å². The van der Waals surface area contributed by atoms with Crippen LogP contribution in [0, 0.1) is 0 Å². The first-order chi connectivity index (χ1) is 21.9. The zero-order valence-electron chi connectivity index (χ0n) is 36.9. The first-order valence-electron chi connectivity index (χ1n) is 19.1. The van der Waals surface area contributed by atoms with Crippen LogP contribution in [-0.4, -0.2) is 107 Å². The van der Waals surface area contributed by atoms with Gasteiger partial charge in [0.05, 0.1) is 0 Å². The fourth-order valence-electron chi connectivity index (χ4n) is 11.1. The molecule has 2 aromatic rings. The van der Waals surface area contributed by atoms with Crippen LogP contribution in [-0.2, 0) is 0 Å². The van der Waals surface area contributed by atoms with Gasteiger partial charge in [0, 0.05) is 0 Å². The third kappa shape index (κ3) is 7.21. The Labute approximate surface area is 324 Å². The molecule has 0 saturated heterocycles. The monoisotopic (exact) mass is 944 g/mol. The molecule has 6 nitrogen and oxygen atoms in total. The number of nitrogens with zero attached hydrogens (tertiary/aromatic N) is 4. The predicted octanol–water partition coefficient (Wildman–Crippen LogP) is 9.80. The third-order valence-electron chi connectivity index (χ3n) is 9.87. The fourth-order valence-corrected chi connectivity index (χ4v) is 121. The topological polar surface area (TPSA) is 31.4 Å². The second-order valence-corrected chi connectivity index (χ2v) is 82.7. The molecule has 2 heterocycles. The van der Waals surface area contributed by atoms with Gasteiger partial charge in [-0.2, -0.15) is 0 Å². The molecule has 2 aromatic carbocycles. The van der Waals surface area contributed by atoms with Crippen LogP contribution in [0.25, 0.3) is 10.8 Å². The van der Waals surface area contributed by atoms with Gasteiger partial charge in [-0.05, 0) is 0 Å². The van der Waals surface area contributed by atoms with E-state index in [9.17, 15) is 0 Å². The Morgan fingerprint density at radius 2 is 0.500 bits per heavy atom. The van der Waals surface area contributed by atoms with E-state index < -0.39 is 94.0 Å². The second kappa shape index (κ2) is 12.7. The standard InChI is InChI=1S/C34H76Ge2N4O2Si8/c1-43(2,3)37(44(4,5)6)35(38(45(7,8)9)46(10,11)12)29-25-26-30-34-32(28-27-31(41-35)33(29)34)42-36(30,39(47(13,14)15)48(16,17)18)40(49(19,20)21)50(22,23)24/h25-28H,1-24H3. The number of rotatable bonds is 12. The van der Waals surface area contributed by atoms with Gasteiger partial charge in [0.2, 0.25) is 0 Å². The Hall–Kier alpha value is 0.961. The van der Waals surface area contributed by atoms with Crippen molar-refractivity contribution in [2.75, 3.05) is 0 Å². The number of benzene rings is 2. The summed E-state index contributed by atoms with van der Waals surface area (Å²) < 4.78 is 32.1. The van der Waals surface area contributed by atoms with Crippen molar-refractivity contribution in [2.24, 2.45) is 0 Å². The van der Waals surface area contributed by atoms with Gasteiger partial charge in [0.15, 0.2) is 0 Å². The van der Waals surface area contributed by atoms with Gasteiger partial charge >= 0.3 is 327 Å². The summed E-state index contributed by atoms with van der Waals surface area (Å²) >= 11 is -7.44. The molecule has 0 amide bonds. The first kappa shape index (κ1) is 43.7. The molecule has 284 valence electrons. The van der Waals surface area contributed by atoms with Gasteiger partial charge in [0.1, 0.15) is 0 Å². The van der Waals surface area contributed by atoms with E-state index in [1.807, 2.05) is 0 Å². The molecule has 0 N–H and O–H groups in total. The average molecular weight is 943 g/mol. The molecule has 0 fully saturated rings. The molecule has 0 radical (unpaired) electrons. The predicted molar refractivity (Wildman–Crippen MR) is 250 cm³/mol. The Kier molecular flexibility index (Phi) is 11.1. The molecule has 0 saturated carbocycles. The van der Waals surface area contributed by atoms with Crippen molar-refractivity contribution < 1.29 is 7.53 Å². The van der Waals surface area contributed by atoms with Crippen LogP contribution in [0.15, 0.2) is 24.3 Å². The summed E-state index contributed by atoms with van der Waals surface area (Å²) in [4.78, 5) is 0. The summed E-state index contributed by atoms with van der Waals surface area (Å²) in [6, 6.07) is 10.1. The number of hydrogen-bond donors (Lipinski definition) is 0. The molecule has 4 rings (SSSR count). The van der Waals surface area contributed by atoms with E-state index in [0.717, 1.165) is 11.5 Å². The van der Waals surface area contributed by atoms with Crippen LogP contribution in [0.5, 0.6) is 11.5 Å². The van der Waals surface area contributed by atoms with E-state index in [2.05, 4.69) is 194 Å². The zero-order chi connectivity index (χ0) is 39.0. The normalized spacial score (nSPS) is 18.6.